The number of hydrogen-bond acceptors (Lipinski definition) is 8. The topological polar surface area (TPSA) is 123 Å². The van der Waals surface area contributed by atoms with Gasteiger partial charge in [0.05, 0.1) is 12.8 Å². The van der Waals surface area contributed by atoms with Crippen molar-refractivity contribution in [3.05, 3.63) is 66.1 Å². The van der Waals surface area contributed by atoms with Gasteiger partial charge in [0.2, 0.25) is 5.95 Å². The molecule has 1 aromatic heterocycles. The van der Waals surface area contributed by atoms with E-state index in [1.165, 1.54) is 6.07 Å². The van der Waals surface area contributed by atoms with E-state index in [4.69, 9.17) is 15.3 Å². The summed E-state index contributed by atoms with van der Waals surface area (Å²) in [4.78, 5) is 19.8. The Labute approximate surface area is 172 Å². The molecule has 0 saturated heterocycles. The van der Waals surface area contributed by atoms with Gasteiger partial charge in [-0.2, -0.15) is 4.98 Å². The van der Waals surface area contributed by atoms with Crippen LogP contribution >= 0.6 is 0 Å². The van der Waals surface area contributed by atoms with Gasteiger partial charge >= 0.3 is 0 Å². The van der Waals surface area contributed by atoms with E-state index >= 15 is 0 Å². The van der Waals surface area contributed by atoms with Gasteiger partial charge in [0.1, 0.15) is 12.4 Å². The standard InChI is InChI=1S/C20H21FN6O3/c1-29-9-10-30-16-7-5-14(6-8-16)25-20-23-12-17(21)18(26-20)24-15-4-2-3-13(11-15)19(28)27-22/h2-8,11-12H,9-10,22H2,1H3,(H,27,28)(H2,23,24,25,26). The summed E-state index contributed by atoms with van der Waals surface area (Å²) >= 11 is 0. The van der Waals surface area contributed by atoms with Crippen LogP contribution in [-0.2, 0) is 4.74 Å². The van der Waals surface area contributed by atoms with Gasteiger partial charge in [0.15, 0.2) is 11.6 Å². The third-order valence-corrected chi connectivity index (χ3v) is 3.93. The zero-order chi connectivity index (χ0) is 21.3. The van der Waals surface area contributed by atoms with Gasteiger partial charge in [-0.3, -0.25) is 10.2 Å². The molecular formula is C20H21FN6O3. The number of nitrogens with two attached hydrogens (primary N) is 1. The number of hydrogen-bond donors (Lipinski definition) is 4. The molecule has 0 fully saturated rings. The van der Waals surface area contributed by atoms with Gasteiger partial charge in [0.25, 0.3) is 5.91 Å². The second-order valence-corrected chi connectivity index (χ2v) is 6.06. The molecule has 10 heteroatoms. The number of nitrogen functional groups attached to an aromatic ring is 1. The molecule has 1 heterocycles. The number of rotatable bonds is 9. The van der Waals surface area contributed by atoms with Crippen molar-refractivity contribution in [2.24, 2.45) is 5.84 Å². The lowest BCUT2D eigenvalue weighted by Crippen LogP contribution is -2.29. The zero-order valence-corrected chi connectivity index (χ0v) is 16.2. The monoisotopic (exact) mass is 412 g/mol. The molecule has 0 spiro atoms. The van der Waals surface area contributed by atoms with Crippen LogP contribution in [0.2, 0.25) is 0 Å². The lowest BCUT2D eigenvalue weighted by molar-refractivity contribution is 0.0953. The highest BCUT2D eigenvalue weighted by atomic mass is 19.1. The summed E-state index contributed by atoms with van der Waals surface area (Å²) in [5, 5.41) is 5.84. The molecule has 3 rings (SSSR count). The zero-order valence-electron chi connectivity index (χ0n) is 16.2. The van der Waals surface area contributed by atoms with Crippen LogP contribution in [0.3, 0.4) is 0 Å². The van der Waals surface area contributed by atoms with Crippen LogP contribution in [0, 0.1) is 5.82 Å². The number of halogens is 1. The second kappa shape index (κ2) is 10.1. The smallest absolute Gasteiger partial charge is 0.265 e. The predicted octanol–water partition coefficient (Wildman–Crippen LogP) is 2.73. The first-order chi connectivity index (χ1) is 14.6. The molecule has 0 aliphatic carbocycles. The van der Waals surface area contributed by atoms with Crippen molar-refractivity contribution in [3.8, 4) is 5.75 Å². The van der Waals surface area contributed by atoms with Gasteiger partial charge in [-0.05, 0) is 42.5 Å². The van der Waals surface area contributed by atoms with Gasteiger partial charge in [-0.15, -0.1) is 0 Å². The minimum atomic E-state index is -0.642. The van der Waals surface area contributed by atoms with Crippen molar-refractivity contribution in [1.29, 1.82) is 0 Å². The minimum Gasteiger partial charge on any atom is -0.491 e. The Bertz CT molecular complexity index is 1000. The van der Waals surface area contributed by atoms with E-state index < -0.39 is 11.7 Å². The lowest BCUT2D eigenvalue weighted by Gasteiger charge is -2.11. The van der Waals surface area contributed by atoms with Crippen molar-refractivity contribution >= 4 is 29.0 Å². The van der Waals surface area contributed by atoms with Crippen molar-refractivity contribution in [1.82, 2.24) is 15.4 Å². The molecule has 9 nitrogen and oxygen atoms in total. The molecule has 3 aromatic rings. The van der Waals surface area contributed by atoms with Crippen LogP contribution in [0.5, 0.6) is 5.75 Å². The van der Waals surface area contributed by atoms with Crippen LogP contribution in [0.1, 0.15) is 10.4 Å². The van der Waals surface area contributed by atoms with E-state index in [1.54, 1.807) is 49.6 Å². The quantitative estimate of drug-likeness (QED) is 0.183. The molecule has 5 N–H and O–H groups in total. The van der Waals surface area contributed by atoms with Crippen LogP contribution in [0.15, 0.2) is 54.7 Å². The summed E-state index contributed by atoms with van der Waals surface area (Å²) < 4.78 is 24.6. The highest BCUT2D eigenvalue weighted by Crippen LogP contribution is 2.22. The second-order valence-electron chi connectivity index (χ2n) is 6.06. The first kappa shape index (κ1) is 21.0. The number of amides is 1. The molecule has 0 aliphatic rings. The molecule has 0 saturated carbocycles. The van der Waals surface area contributed by atoms with Gasteiger partial charge < -0.3 is 20.1 Å². The molecule has 0 bridgehead atoms. The van der Waals surface area contributed by atoms with E-state index in [1.807, 2.05) is 5.43 Å². The first-order valence-electron chi connectivity index (χ1n) is 8.98. The Balaban J connectivity index is 1.70. The fraction of sp³-hybridized carbons (Fsp3) is 0.150. The third-order valence-electron chi connectivity index (χ3n) is 3.93. The molecule has 1 amide bonds. The van der Waals surface area contributed by atoms with Crippen molar-refractivity contribution < 1.29 is 18.7 Å². The molecule has 2 aromatic carbocycles. The van der Waals surface area contributed by atoms with E-state index in [9.17, 15) is 9.18 Å². The van der Waals surface area contributed by atoms with Crippen molar-refractivity contribution in [2.45, 2.75) is 0 Å². The number of methoxy groups -OCH3 is 1. The van der Waals surface area contributed by atoms with Crippen LogP contribution < -0.4 is 26.6 Å². The number of carbonyl (C=O) groups excluding carboxylic acids is 1. The maximum Gasteiger partial charge on any atom is 0.265 e. The Morgan fingerprint density at radius 3 is 2.63 bits per heavy atom. The Morgan fingerprint density at radius 2 is 1.90 bits per heavy atom. The number of nitrogens with one attached hydrogen (secondary N) is 3. The number of benzene rings is 2. The van der Waals surface area contributed by atoms with Gasteiger partial charge in [0, 0.05) is 24.0 Å². The lowest BCUT2D eigenvalue weighted by atomic mass is 10.2. The molecule has 0 aliphatic heterocycles. The largest absolute Gasteiger partial charge is 0.491 e. The molecule has 0 atom stereocenters. The van der Waals surface area contributed by atoms with Crippen LogP contribution in [-0.4, -0.2) is 36.2 Å². The number of carbonyl (C=O) groups is 1. The average Bonchev–Trinajstić information content (AvgIpc) is 2.77. The Kier molecular flexibility index (Phi) is 7.09. The maximum atomic E-state index is 14.2. The Hall–Kier alpha value is -3.76. The molecule has 0 unspecified atom stereocenters. The minimum absolute atomic E-state index is 0.0441. The number of aromatic nitrogens is 2. The van der Waals surface area contributed by atoms with Crippen LogP contribution in [0.4, 0.5) is 27.5 Å². The number of ether oxygens (including phenoxy) is 2. The van der Waals surface area contributed by atoms with Crippen molar-refractivity contribution in [3.63, 3.8) is 0 Å². The summed E-state index contributed by atoms with van der Waals surface area (Å²) in [6.07, 6.45) is 1.05. The highest BCUT2D eigenvalue weighted by molar-refractivity contribution is 5.94. The predicted molar refractivity (Wildman–Crippen MR) is 110 cm³/mol. The molecule has 156 valence electrons. The number of nitrogens with zero attached hydrogens (tertiary/aromatic N) is 2. The van der Waals surface area contributed by atoms with E-state index in [-0.39, 0.29) is 11.8 Å². The van der Waals surface area contributed by atoms with Crippen LogP contribution in [0.25, 0.3) is 0 Å². The third kappa shape index (κ3) is 5.63. The number of anilines is 4. The first-order valence-corrected chi connectivity index (χ1v) is 8.98. The molecular weight excluding hydrogens is 391 g/mol. The van der Waals surface area contributed by atoms with Crippen molar-refractivity contribution in [2.75, 3.05) is 31.0 Å². The fourth-order valence-corrected chi connectivity index (χ4v) is 2.48. The summed E-state index contributed by atoms with van der Waals surface area (Å²) in [7, 11) is 1.61. The number of hydrazine groups is 1. The summed E-state index contributed by atoms with van der Waals surface area (Å²) in [6.45, 7) is 0.951. The van der Waals surface area contributed by atoms with Gasteiger partial charge in [-0.25, -0.2) is 15.2 Å². The molecule has 30 heavy (non-hydrogen) atoms. The Morgan fingerprint density at radius 1 is 1.10 bits per heavy atom. The summed E-state index contributed by atoms with van der Waals surface area (Å²) in [5.41, 5.74) is 3.54. The summed E-state index contributed by atoms with van der Waals surface area (Å²) in [5.74, 6) is 4.89. The highest BCUT2D eigenvalue weighted by Gasteiger charge is 2.10. The maximum absolute atomic E-state index is 14.2. The van der Waals surface area contributed by atoms with E-state index in [2.05, 4.69) is 20.6 Å². The average molecular weight is 412 g/mol. The fourth-order valence-electron chi connectivity index (χ4n) is 2.48. The SMILES string of the molecule is COCCOc1ccc(Nc2ncc(F)c(Nc3cccc(C(=O)NN)c3)n2)cc1. The van der Waals surface area contributed by atoms with Gasteiger partial charge in [-0.1, -0.05) is 6.07 Å². The normalized spacial score (nSPS) is 10.4. The molecule has 0 radical (unpaired) electrons. The van der Waals surface area contributed by atoms with E-state index in [0.29, 0.717) is 35.9 Å². The summed E-state index contributed by atoms with van der Waals surface area (Å²) in [6, 6.07) is 13.6. The van der Waals surface area contributed by atoms with E-state index in [0.717, 1.165) is 6.20 Å².